The van der Waals surface area contributed by atoms with E-state index in [0.29, 0.717) is 23.1 Å². The average molecular weight is 462 g/mol. The summed E-state index contributed by atoms with van der Waals surface area (Å²) in [5.74, 6) is 0.0597. The average Bonchev–Trinajstić information content (AvgIpc) is 3.26. The summed E-state index contributed by atoms with van der Waals surface area (Å²) in [7, 11) is 3.97. The van der Waals surface area contributed by atoms with Gasteiger partial charge in [-0.15, -0.1) is 10.2 Å². The second kappa shape index (κ2) is 10.3. The van der Waals surface area contributed by atoms with Crippen LogP contribution in [-0.4, -0.2) is 40.5 Å². The number of benzene rings is 3. The molecule has 1 heterocycles. The second-order valence-corrected chi connectivity index (χ2v) is 8.53. The van der Waals surface area contributed by atoms with Crippen LogP contribution in [0.5, 0.6) is 0 Å². The second-order valence-electron chi connectivity index (χ2n) is 7.58. The van der Waals surface area contributed by atoms with E-state index in [-0.39, 0.29) is 17.5 Å². The molecule has 0 aliphatic heterocycles. The van der Waals surface area contributed by atoms with Crippen molar-refractivity contribution in [1.29, 1.82) is 0 Å². The molecule has 0 aliphatic carbocycles. The first-order valence-electron chi connectivity index (χ1n) is 10.4. The summed E-state index contributed by atoms with van der Waals surface area (Å²) >= 11 is 1.26. The lowest BCUT2D eigenvalue weighted by Gasteiger charge is -2.13. The highest BCUT2D eigenvalue weighted by Gasteiger charge is 2.19. The van der Waals surface area contributed by atoms with Gasteiger partial charge < -0.3 is 10.2 Å². The van der Waals surface area contributed by atoms with Gasteiger partial charge >= 0.3 is 0 Å². The van der Waals surface area contributed by atoms with Crippen molar-refractivity contribution in [3.05, 3.63) is 90.2 Å². The van der Waals surface area contributed by atoms with Gasteiger partial charge in [-0.2, -0.15) is 0 Å². The molecule has 3 aromatic carbocycles. The predicted molar refractivity (Wildman–Crippen MR) is 130 cm³/mol. The van der Waals surface area contributed by atoms with Crippen molar-refractivity contribution < 1.29 is 9.18 Å². The van der Waals surface area contributed by atoms with Crippen molar-refractivity contribution in [3.63, 3.8) is 0 Å². The molecule has 6 nitrogen and oxygen atoms in total. The van der Waals surface area contributed by atoms with Gasteiger partial charge in [0.2, 0.25) is 5.91 Å². The molecule has 8 heteroatoms. The molecule has 1 N–H and O–H groups in total. The predicted octanol–water partition coefficient (Wildman–Crippen LogP) is 4.55. The third-order valence-electron chi connectivity index (χ3n) is 5.04. The fourth-order valence-electron chi connectivity index (χ4n) is 3.28. The Balaban J connectivity index is 1.48. The van der Waals surface area contributed by atoms with Crippen LogP contribution in [0.4, 0.5) is 10.1 Å². The smallest absolute Gasteiger partial charge is 0.230 e. The molecule has 4 aromatic rings. The van der Waals surface area contributed by atoms with Gasteiger partial charge in [-0.05, 0) is 42.0 Å². The number of nitrogens with zero attached hydrogens (tertiary/aromatic N) is 4. The molecule has 0 saturated carbocycles. The van der Waals surface area contributed by atoms with Crippen molar-refractivity contribution in [2.45, 2.75) is 11.7 Å². The SMILES string of the molecule is CN(C)c1ccc(CNC(=O)CSc2nnc(-c3ccccc3F)n2-c2ccccc2)cc1. The molecular weight excluding hydrogens is 437 g/mol. The van der Waals surface area contributed by atoms with Crippen molar-refractivity contribution >= 4 is 23.4 Å². The van der Waals surface area contributed by atoms with Crippen LogP contribution in [0.15, 0.2) is 84.0 Å². The summed E-state index contributed by atoms with van der Waals surface area (Å²) in [5.41, 5.74) is 3.27. The maximum atomic E-state index is 14.5. The number of hydrogen-bond donors (Lipinski definition) is 1. The number of nitrogens with one attached hydrogen (secondary N) is 1. The lowest BCUT2D eigenvalue weighted by molar-refractivity contribution is -0.118. The van der Waals surface area contributed by atoms with Crippen LogP contribution in [-0.2, 0) is 11.3 Å². The van der Waals surface area contributed by atoms with Gasteiger partial charge in [0.15, 0.2) is 11.0 Å². The summed E-state index contributed by atoms with van der Waals surface area (Å²) < 4.78 is 16.2. The summed E-state index contributed by atoms with van der Waals surface area (Å²) in [5, 5.41) is 11.9. The highest BCUT2D eigenvalue weighted by Crippen LogP contribution is 2.29. The first kappa shape index (κ1) is 22.5. The zero-order valence-electron chi connectivity index (χ0n) is 18.4. The number of anilines is 1. The Morgan fingerprint density at radius 1 is 0.970 bits per heavy atom. The van der Waals surface area contributed by atoms with E-state index in [9.17, 15) is 9.18 Å². The van der Waals surface area contributed by atoms with Gasteiger partial charge in [0, 0.05) is 32.0 Å². The largest absolute Gasteiger partial charge is 0.378 e. The van der Waals surface area contributed by atoms with Crippen LogP contribution >= 0.6 is 11.8 Å². The zero-order valence-corrected chi connectivity index (χ0v) is 19.2. The molecule has 0 aliphatic rings. The van der Waals surface area contributed by atoms with E-state index >= 15 is 0 Å². The minimum absolute atomic E-state index is 0.119. The topological polar surface area (TPSA) is 63.1 Å². The Kier molecular flexibility index (Phi) is 7.04. The molecule has 33 heavy (non-hydrogen) atoms. The Morgan fingerprint density at radius 2 is 1.67 bits per heavy atom. The van der Waals surface area contributed by atoms with Crippen LogP contribution in [0.25, 0.3) is 17.1 Å². The molecular formula is C25H24FN5OS. The van der Waals surface area contributed by atoms with E-state index in [1.54, 1.807) is 22.8 Å². The Bertz CT molecular complexity index is 1230. The first-order chi connectivity index (χ1) is 16.0. The van der Waals surface area contributed by atoms with Crippen LogP contribution in [0, 0.1) is 5.82 Å². The summed E-state index contributed by atoms with van der Waals surface area (Å²) in [6.45, 7) is 0.443. The van der Waals surface area contributed by atoms with Crippen LogP contribution < -0.4 is 10.2 Å². The molecule has 0 bridgehead atoms. The molecule has 1 aromatic heterocycles. The van der Waals surface area contributed by atoms with Gasteiger partial charge in [-0.1, -0.05) is 54.2 Å². The fourth-order valence-corrected chi connectivity index (χ4v) is 4.07. The Morgan fingerprint density at radius 3 is 2.36 bits per heavy atom. The van der Waals surface area contributed by atoms with Crippen molar-refractivity contribution in [2.24, 2.45) is 0 Å². The third kappa shape index (κ3) is 5.40. The number of aromatic nitrogens is 3. The number of halogens is 1. The molecule has 4 rings (SSSR count). The summed E-state index contributed by atoms with van der Waals surface area (Å²) in [6.07, 6.45) is 0. The van der Waals surface area contributed by atoms with Crippen molar-refractivity contribution in [2.75, 3.05) is 24.7 Å². The zero-order chi connectivity index (χ0) is 23.2. The quantitative estimate of drug-likeness (QED) is 0.390. The van der Waals surface area contributed by atoms with Crippen molar-refractivity contribution in [1.82, 2.24) is 20.1 Å². The maximum Gasteiger partial charge on any atom is 0.230 e. The number of carbonyl (C=O) groups is 1. The number of hydrogen-bond acceptors (Lipinski definition) is 5. The molecule has 0 atom stereocenters. The van der Waals surface area contributed by atoms with E-state index in [0.717, 1.165) is 16.9 Å². The number of rotatable bonds is 8. The maximum absolute atomic E-state index is 14.5. The van der Waals surface area contributed by atoms with Crippen LogP contribution in [0.2, 0.25) is 0 Å². The minimum Gasteiger partial charge on any atom is -0.378 e. The van der Waals surface area contributed by atoms with E-state index in [1.807, 2.05) is 73.6 Å². The Labute approximate surface area is 196 Å². The van der Waals surface area contributed by atoms with Crippen LogP contribution in [0.1, 0.15) is 5.56 Å². The van der Waals surface area contributed by atoms with Gasteiger partial charge in [-0.25, -0.2) is 4.39 Å². The van der Waals surface area contributed by atoms with Gasteiger partial charge in [0.1, 0.15) is 5.82 Å². The molecule has 168 valence electrons. The molecule has 0 saturated heterocycles. The van der Waals surface area contributed by atoms with E-state index < -0.39 is 0 Å². The summed E-state index contributed by atoms with van der Waals surface area (Å²) in [4.78, 5) is 14.5. The van der Waals surface area contributed by atoms with E-state index in [1.165, 1.54) is 17.8 Å². The number of thioether (sulfide) groups is 1. The van der Waals surface area contributed by atoms with Gasteiger partial charge in [0.05, 0.1) is 11.3 Å². The van der Waals surface area contributed by atoms with Gasteiger partial charge in [0.25, 0.3) is 0 Å². The van der Waals surface area contributed by atoms with Gasteiger partial charge in [-0.3, -0.25) is 9.36 Å². The number of para-hydroxylation sites is 1. The normalized spacial score (nSPS) is 10.8. The summed E-state index contributed by atoms with van der Waals surface area (Å²) in [6, 6.07) is 24.0. The number of carbonyl (C=O) groups excluding carboxylic acids is 1. The standard InChI is InChI=1S/C25H24FN5OS/c1-30(2)19-14-12-18(13-15-19)16-27-23(32)17-33-25-29-28-24(21-10-6-7-11-22(21)26)31(25)20-8-4-3-5-9-20/h3-15H,16-17H2,1-2H3,(H,27,32). The van der Waals surface area contributed by atoms with E-state index in [4.69, 9.17) is 0 Å². The molecule has 0 radical (unpaired) electrons. The van der Waals surface area contributed by atoms with Crippen molar-refractivity contribution in [3.8, 4) is 17.1 Å². The Hall–Kier alpha value is -3.65. The first-order valence-corrected chi connectivity index (χ1v) is 11.4. The highest BCUT2D eigenvalue weighted by molar-refractivity contribution is 7.99. The monoisotopic (exact) mass is 461 g/mol. The lowest BCUT2D eigenvalue weighted by atomic mass is 10.2. The highest BCUT2D eigenvalue weighted by atomic mass is 32.2. The lowest BCUT2D eigenvalue weighted by Crippen LogP contribution is -2.24. The number of amides is 1. The molecule has 0 unspecified atom stereocenters. The fraction of sp³-hybridized carbons (Fsp3) is 0.160. The van der Waals surface area contributed by atoms with Crippen LogP contribution in [0.3, 0.4) is 0 Å². The molecule has 0 fully saturated rings. The minimum atomic E-state index is -0.378. The molecule has 0 spiro atoms. The van der Waals surface area contributed by atoms with E-state index in [2.05, 4.69) is 15.5 Å². The third-order valence-corrected chi connectivity index (χ3v) is 5.97. The molecule has 1 amide bonds.